The highest BCUT2D eigenvalue weighted by atomic mass is 127. The van der Waals surface area contributed by atoms with E-state index >= 15 is 0 Å². The average molecular weight is 399 g/mol. The Labute approximate surface area is 142 Å². The zero-order valence-corrected chi connectivity index (χ0v) is 14.0. The zero-order valence-electron chi connectivity index (χ0n) is 11.9. The van der Waals surface area contributed by atoms with E-state index in [1.54, 1.807) is 0 Å². The van der Waals surface area contributed by atoms with Gasteiger partial charge in [0.05, 0.1) is 11.0 Å². The monoisotopic (exact) mass is 399 g/mol. The molecule has 0 atom stereocenters. The summed E-state index contributed by atoms with van der Waals surface area (Å²) in [4.78, 5) is 0. The maximum Gasteiger partial charge on any atom is 0.119 e. The highest BCUT2D eigenvalue weighted by molar-refractivity contribution is 14.1. The van der Waals surface area contributed by atoms with Crippen molar-refractivity contribution in [2.24, 2.45) is 0 Å². The van der Waals surface area contributed by atoms with E-state index in [1.165, 1.54) is 25.6 Å². The molecule has 4 rings (SSSR count). The first kappa shape index (κ1) is 13.6. The first-order valence-corrected chi connectivity index (χ1v) is 8.26. The summed E-state index contributed by atoms with van der Waals surface area (Å²) in [6.45, 7) is 0.570. The number of aromatic nitrogens is 1. The van der Waals surface area contributed by atoms with Crippen LogP contribution in [0.15, 0.2) is 72.9 Å². The minimum absolute atomic E-state index is 0.570. The zero-order chi connectivity index (χ0) is 14.9. The van der Waals surface area contributed by atoms with Gasteiger partial charge in [0.25, 0.3) is 0 Å². The predicted molar refractivity (Wildman–Crippen MR) is 98.4 cm³/mol. The highest BCUT2D eigenvalue weighted by Gasteiger charge is 2.12. The number of hydrogen-bond acceptors (Lipinski definition) is 1. The number of pyridine rings is 1. The first-order valence-electron chi connectivity index (χ1n) is 7.18. The quantitative estimate of drug-likeness (QED) is 0.428. The lowest BCUT2D eigenvalue weighted by Gasteiger charge is -2.13. The van der Waals surface area contributed by atoms with Crippen molar-refractivity contribution in [1.82, 2.24) is 4.40 Å². The van der Waals surface area contributed by atoms with E-state index in [0.29, 0.717) is 6.61 Å². The number of benzene rings is 2. The molecule has 0 unspecified atom stereocenters. The molecule has 0 saturated heterocycles. The maximum atomic E-state index is 5.98. The minimum Gasteiger partial charge on any atom is -0.489 e. The number of para-hydroxylation sites is 2. The van der Waals surface area contributed by atoms with Gasteiger partial charge in [-0.1, -0.05) is 36.4 Å². The number of rotatable bonds is 3. The molecule has 108 valence electrons. The molecule has 0 saturated carbocycles. The molecule has 2 heterocycles. The van der Waals surface area contributed by atoms with E-state index < -0.39 is 0 Å². The predicted octanol–water partition coefficient (Wildman–Crippen LogP) is 5.28. The molecule has 0 amide bonds. The fourth-order valence-corrected chi connectivity index (χ4v) is 3.68. The second-order valence-electron chi connectivity index (χ2n) is 5.17. The van der Waals surface area contributed by atoms with Gasteiger partial charge in [-0.05, 0) is 52.9 Å². The Hall–Kier alpha value is -2.01. The van der Waals surface area contributed by atoms with E-state index in [1.807, 2.05) is 30.3 Å². The summed E-state index contributed by atoms with van der Waals surface area (Å²) >= 11 is 2.43. The van der Waals surface area contributed by atoms with Gasteiger partial charge < -0.3 is 9.14 Å². The second-order valence-corrected chi connectivity index (χ2v) is 6.25. The summed E-state index contributed by atoms with van der Waals surface area (Å²) in [7, 11) is 0. The van der Waals surface area contributed by atoms with Gasteiger partial charge in [0.15, 0.2) is 0 Å². The molecule has 0 fully saturated rings. The minimum atomic E-state index is 0.570. The Morgan fingerprint density at radius 1 is 0.818 bits per heavy atom. The molecular formula is C19H14INO. The summed E-state index contributed by atoms with van der Waals surface area (Å²) in [5.41, 5.74) is 3.67. The van der Waals surface area contributed by atoms with Gasteiger partial charge in [0.1, 0.15) is 12.4 Å². The van der Waals surface area contributed by atoms with Crippen LogP contribution in [0.4, 0.5) is 0 Å². The molecular weight excluding hydrogens is 385 g/mol. The molecule has 0 N–H and O–H groups in total. The first-order chi connectivity index (χ1) is 10.8. The van der Waals surface area contributed by atoms with Crippen LogP contribution in [-0.2, 0) is 6.61 Å². The summed E-state index contributed by atoms with van der Waals surface area (Å²) in [5, 5.41) is 1.26. The Morgan fingerprint density at radius 2 is 1.55 bits per heavy atom. The number of hydrogen-bond donors (Lipinski definition) is 0. The molecule has 3 heteroatoms. The SMILES string of the molecule is Ic1c(COc2ccccc2)c2cccn2c2ccccc12. The highest BCUT2D eigenvalue weighted by Crippen LogP contribution is 2.29. The summed E-state index contributed by atoms with van der Waals surface area (Å²) in [5.74, 6) is 0.899. The summed E-state index contributed by atoms with van der Waals surface area (Å²) in [6, 6.07) is 22.7. The molecule has 4 aromatic rings. The van der Waals surface area contributed by atoms with Crippen molar-refractivity contribution in [3.63, 3.8) is 0 Å². The van der Waals surface area contributed by atoms with Crippen molar-refractivity contribution in [3.05, 3.63) is 82.1 Å². The van der Waals surface area contributed by atoms with Gasteiger partial charge >= 0.3 is 0 Å². The Morgan fingerprint density at radius 3 is 2.41 bits per heavy atom. The van der Waals surface area contributed by atoms with E-state index in [0.717, 1.165) is 5.75 Å². The molecule has 2 aromatic heterocycles. The Balaban J connectivity index is 1.85. The van der Waals surface area contributed by atoms with Gasteiger partial charge in [-0.15, -0.1) is 0 Å². The van der Waals surface area contributed by atoms with Gasteiger partial charge in [-0.25, -0.2) is 0 Å². The number of halogens is 1. The maximum absolute atomic E-state index is 5.98. The molecule has 0 bridgehead atoms. The normalized spacial score (nSPS) is 11.1. The molecule has 0 aliphatic rings. The van der Waals surface area contributed by atoms with Crippen molar-refractivity contribution in [2.45, 2.75) is 6.61 Å². The lowest BCUT2D eigenvalue weighted by Crippen LogP contribution is -2.02. The summed E-state index contributed by atoms with van der Waals surface area (Å²) in [6.07, 6.45) is 2.11. The van der Waals surface area contributed by atoms with Crippen LogP contribution in [0.1, 0.15) is 5.56 Å². The van der Waals surface area contributed by atoms with Crippen LogP contribution in [0.5, 0.6) is 5.75 Å². The van der Waals surface area contributed by atoms with Crippen molar-refractivity contribution in [3.8, 4) is 5.75 Å². The van der Waals surface area contributed by atoms with E-state index in [2.05, 4.69) is 69.6 Å². The fourth-order valence-electron chi connectivity index (χ4n) is 2.79. The molecule has 22 heavy (non-hydrogen) atoms. The van der Waals surface area contributed by atoms with Gasteiger partial charge in [0.2, 0.25) is 0 Å². The molecule has 2 nitrogen and oxygen atoms in total. The third-order valence-electron chi connectivity index (χ3n) is 3.85. The van der Waals surface area contributed by atoms with Crippen molar-refractivity contribution < 1.29 is 4.74 Å². The Bertz CT molecular complexity index is 944. The standard InChI is InChI=1S/C19H14INO/c20-19-15-9-4-5-10-17(15)21-12-6-11-18(21)16(19)13-22-14-7-2-1-3-8-14/h1-12H,13H2. The molecule has 2 aromatic carbocycles. The fraction of sp³-hybridized carbons (Fsp3) is 0.0526. The van der Waals surface area contributed by atoms with Crippen LogP contribution < -0.4 is 4.74 Å². The van der Waals surface area contributed by atoms with E-state index in [4.69, 9.17) is 4.74 Å². The topological polar surface area (TPSA) is 13.6 Å². The molecule has 0 radical (unpaired) electrons. The van der Waals surface area contributed by atoms with Crippen LogP contribution >= 0.6 is 22.6 Å². The van der Waals surface area contributed by atoms with Gasteiger partial charge in [-0.3, -0.25) is 0 Å². The number of nitrogens with zero attached hydrogens (tertiary/aromatic N) is 1. The summed E-state index contributed by atoms with van der Waals surface area (Å²) < 4.78 is 9.48. The lowest BCUT2D eigenvalue weighted by atomic mass is 10.1. The molecule has 0 spiro atoms. The van der Waals surface area contributed by atoms with Crippen LogP contribution in [0.2, 0.25) is 0 Å². The van der Waals surface area contributed by atoms with Crippen LogP contribution in [0.25, 0.3) is 16.4 Å². The van der Waals surface area contributed by atoms with Crippen LogP contribution in [0.3, 0.4) is 0 Å². The van der Waals surface area contributed by atoms with Crippen molar-refractivity contribution in [1.29, 1.82) is 0 Å². The lowest BCUT2D eigenvalue weighted by molar-refractivity contribution is 0.306. The Kier molecular flexibility index (Phi) is 3.50. The number of ether oxygens (including phenoxy) is 1. The van der Waals surface area contributed by atoms with Crippen molar-refractivity contribution >= 4 is 39.0 Å². The van der Waals surface area contributed by atoms with E-state index in [9.17, 15) is 0 Å². The van der Waals surface area contributed by atoms with E-state index in [-0.39, 0.29) is 0 Å². The smallest absolute Gasteiger partial charge is 0.119 e. The second kappa shape index (κ2) is 5.65. The third kappa shape index (κ3) is 2.25. The third-order valence-corrected chi connectivity index (χ3v) is 5.08. The molecule has 0 aliphatic heterocycles. The molecule has 0 aliphatic carbocycles. The van der Waals surface area contributed by atoms with Crippen LogP contribution in [0, 0.1) is 3.57 Å². The van der Waals surface area contributed by atoms with Crippen LogP contribution in [-0.4, -0.2) is 4.40 Å². The van der Waals surface area contributed by atoms with Crippen molar-refractivity contribution in [2.75, 3.05) is 0 Å². The largest absolute Gasteiger partial charge is 0.489 e. The average Bonchev–Trinajstić information content (AvgIpc) is 3.05. The van der Waals surface area contributed by atoms with Gasteiger partial charge in [0, 0.05) is 20.7 Å². The van der Waals surface area contributed by atoms with Gasteiger partial charge in [-0.2, -0.15) is 0 Å². The number of fused-ring (bicyclic) bond motifs is 3.